The summed E-state index contributed by atoms with van der Waals surface area (Å²) >= 11 is 0. The minimum Gasteiger partial charge on any atom is -0.325 e. The van der Waals surface area contributed by atoms with Crippen molar-refractivity contribution in [2.45, 2.75) is 0 Å². The fourth-order valence-corrected chi connectivity index (χ4v) is 2.01. The second-order valence-electron chi connectivity index (χ2n) is 3.55. The fourth-order valence-electron chi connectivity index (χ4n) is 1.24. The largest absolute Gasteiger partial charge is 0.325 e. The predicted molar refractivity (Wildman–Crippen MR) is 66.0 cm³/mol. The first-order valence-electron chi connectivity index (χ1n) is 4.96. The molecule has 0 saturated carbocycles. The molecule has 19 heavy (non-hydrogen) atoms. The van der Waals surface area contributed by atoms with Crippen molar-refractivity contribution in [2.24, 2.45) is 0 Å². The number of non-ortho nitro benzene ring substituents is 1. The Kier molecular flexibility index (Phi) is 4.55. The van der Waals surface area contributed by atoms with E-state index in [-0.39, 0.29) is 11.4 Å². The smallest absolute Gasteiger partial charge is 0.271 e. The molecular formula is C10H9N3O5S. The number of nitro benzene ring substituents is 1. The number of nitriles is 1. The molecular weight excluding hydrogens is 274 g/mol. The molecule has 0 aliphatic rings. The third-order valence-corrected chi connectivity index (χ3v) is 3.25. The van der Waals surface area contributed by atoms with Gasteiger partial charge in [-0.2, -0.15) is 5.26 Å². The van der Waals surface area contributed by atoms with Crippen LogP contribution in [-0.2, 0) is 14.6 Å². The van der Waals surface area contributed by atoms with E-state index in [0.717, 1.165) is 6.07 Å². The predicted octanol–water partition coefficient (Wildman–Crippen LogP) is 0.472. The van der Waals surface area contributed by atoms with Crippen LogP contribution in [0.2, 0.25) is 0 Å². The van der Waals surface area contributed by atoms with Gasteiger partial charge in [0.05, 0.1) is 11.0 Å². The summed E-state index contributed by atoms with van der Waals surface area (Å²) in [6.07, 6.45) is 0. The summed E-state index contributed by atoms with van der Waals surface area (Å²) < 4.78 is 22.4. The van der Waals surface area contributed by atoms with Crippen LogP contribution in [-0.4, -0.2) is 30.8 Å². The Morgan fingerprint density at radius 1 is 1.47 bits per heavy atom. The van der Waals surface area contributed by atoms with Crippen LogP contribution in [0.1, 0.15) is 0 Å². The molecule has 1 amide bonds. The van der Waals surface area contributed by atoms with Gasteiger partial charge in [-0.3, -0.25) is 14.9 Å². The maximum Gasteiger partial charge on any atom is 0.271 e. The number of amides is 1. The molecule has 0 aliphatic carbocycles. The van der Waals surface area contributed by atoms with Crippen LogP contribution in [0.3, 0.4) is 0 Å². The van der Waals surface area contributed by atoms with E-state index in [4.69, 9.17) is 5.26 Å². The van der Waals surface area contributed by atoms with Gasteiger partial charge in [0.2, 0.25) is 5.91 Å². The second kappa shape index (κ2) is 5.92. The van der Waals surface area contributed by atoms with Crippen molar-refractivity contribution in [1.82, 2.24) is 0 Å². The normalized spacial score (nSPS) is 10.5. The van der Waals surface area contributed by atoms with Crippen molar-refractivity contribution in [3.8, 4) is 6.07 Å². The van der Waals surface area contributed by atoms with Crippen LogP contribution >= 0.6 is 0 Å². The molecule has 8 nitrogen and oxygen atoms in total. The first-order chi connectivity index (χ1) is 8.84. The van der Waals surface area contributed by atoms with Gasteiger partial charge in [0, 0.05) is 17.8 Å². The van der Waals surface area contributed by atoms with Crippen molar-refractivity contribution in [3.05, 3.63) is 34.4 Å². The highest BCUT2D eigenvalue weighted by molar-refractivity contribution is 7.92. The molecule has 0 saturated heterocycles. The van der Waals surface area contributed by atoms with Crippen LogP contribution in [0.5, 0.6) is 0 Å². The Bertz CT molecular complexity index is 647. The van der Waals surface area contributed by atoms with E-state index in [2.05, 4.69) is 5.32 Å². The SMILES string of the molecule is N#CCS(=O)(=O)CC(=O)Nc1cccc([N+](=O)[O-])c1. The zero-order valence-corrected chi connectivity index (χ0v) is 10.4. The standard InChI is InChI=1S/C10H9N3O5S/c11-4-5-19(17,18)7-10(14)12-8-2-1-3-9(6-8)13(15)16/h1-3,6H,5,7H2,(H,12,14). The second-order valence-corrected chi connectivity index (χ2v) is 5.61. The first-order valence-corrected chi connectivity index (χ1v) is 6.78. The molecule has 1 aromatic rings. The van der Waals surface area contributed by atoms with E-state index >= 15 is 0 Å². The summed E-state index contributed by atoms with van der Waals surface area (Å²) in [5.41, 5.74) is -0.107. The zero-order valence-electron chi connectivity index (χ0n) is 9.57. The Labute approximate surface area is 108 Å². The number of hydrogen-bond acceptors (Lipinski definition) is 6. The summed E-state index contributed by atoms with van der Waals surface area (Å²) in [5, 5.41) is 21.0. The Morgan fingerprint density at radius 3 is 2.74 bits per heavy atom. The van der Waals surface area contributed by atoms with Crippen LogP contribution < -0.4 is 5.32 Å². The summed E-state index contributed by atoms with van der Waals surface area (Å²) in [4.78, 5) is 21.3. The maximum absolute atomic E-state index is 11.4. The minimum atomic E-state index is -3.78. The Morgan fingerprint density at radius 2 is 2.16 bits per heavy atom. The molecule has 0 atom stereocenters. The number of rotatable bonds is 5. The van der Waals surface area contributed by atoms with Crippen LogP contribution in [0.15, 0.2) is 24.3 Å². The summed E-state index contributed by atoms with van der Waals surface area (Å²) in [6, 6.07) is 6.54. The molecule has 9 heteroatoms. The van der Waals surface area contributed by atoms with Crippen LogP contribution in [0, 0.1) is 21.4 Å². The van der Waals surface area contributed by atoms with Crippen molar-refractivity contribution in [3.63, 3.8) is 0 Å². The number of carbonyl (C=O) groups is 1. The number of sulfone groups is 1. The van der Waals surface area contributed by atoms with Gasteiger partial charge in [-0.15, -0.1) is 0 Å². The van der Waals surface area contributed by atoms with Crippen molar-refractivity contribution < 1.29 is 18.1 Å². The Balaban J connectivity index is 2.76. The quantitative estimate of drug-likeness (QED) is 0.617. The van der Waals surface area contributed by atoms with E-state index in [9.17, 15) is 23.3 Å². The van der Waals surface area contributed by atoms with Gasteiger partial charge in [-0.1, -0.05) is 6.07 Å². The van der Waals surface area contributed by atoms with E-state index < -0.39 is 32.2 Å². The van der Waals surface area contributed by atoms with E-state index in [1.54, 1.807) is 0 Å². The van der Waals surface area contributed by atoms with Crippen molar-refractivity contribution in [2.75, 3.05) is 16.8 Å². The molecule has 0 aliphatic heterocycles. The lowest BCUT2D eigenvalue weighted by molar-refractivity contribution is -0.384. The van der Waals surface area contributed by atoms with E-state index in [0.29, 0.717) is 0 Å². The van der Waals surface area contributed by atoms with E-state index in [1.807, 2.05) is 0 Å². The highest BCUT2D eigenvalue weighted by Gasteiger charge is 2.17. The summed E-state index contributed by atoms with van der Waals surface area (Å²) in [6.45, 7) is 0. The van der Waals surface area contributed by atoms with Gasteiger partial charge in [-0.05, 0) is 6.07 Å². The molecule has 1 rings (SSSR count). The molecule has 0 spiro atoms. The molecule has 0 bridgehead atoms. The third kappa shape index (κ3) is 4.72. The molecule has 0 radical (unpaired) electrons. The molecule has 0 heterocycles. The van der Waals surface area contributed by atoms with Crippen molar-refractivity contribution in [1.29, 1.82) is 5.26 Å². The van der Waals surface area contributed by atoms with Gasteiger partial charge >= 0.3 is 0 Å². The molecule has 0 aromatic heterocycles. The van der Waals surface area contributed by atoms with E-state index in [1.165, 1.54) is 24.3 Å². The van der Waals surface area contributed by atoms with Crippen LogP contribution in [0.4, 0.5) is 11.4 Å². The highest BCUT2D eigenvalue weighted by Crippen LogP contribution is 2.16. The lowest BCUT2D eigenvalue weighted by Crippen LogP contribution is -2.24. The molecule has 0 unspecified atom stereocenters. The monoisotopic (exact) mass is 283 g/mol. The lowest BCUT2D eigenvalue weighted by atomic mass is 10.3. The number of benzene rings is 1. The van der Waals surface area contributed by atoms with Crippen LogP contribution in [0.25, 0.3) is 0 Å². The number of nitro groups is 1. The van der Waals surface area contributed by atoms with Gasteiger partial charge in [-0.25, -0.2) is 8.42 Å². The third-order valence-electron chi connectivity index (χ3n) is 1.98. The molecule has 0 fully saturated rings. The number of nitrogens with one attached hydrogen (secondary N) is 1. The zero-order chi connectivity index (χ0) is 14.5. The minimum absolute atomic E-state index is 0.117. The molecule has 100 valence electrons. The summed E-state index contributed by atoms with van der Waals surface area (Å²) in [7, 11) is -3.78. The first kappa shape index (κ1) is 14.6. The Hall–Kier alpha value is -2.47. The van der Waals surface area contributed by atoms with Gasteiger partial charge in [0.15, 0.2) is 9.84 Å². The van der Waals surface area contributed by atoms with Crippen molar-refractivity contribution >= 4 is 27.1 Å². The molecule has 1 aromatic carbocycles. The number of hydrogen-bond donors (Lipinski definition) is 1. The van der Waals surface area contributed by atoms with Gasteiger partial charge < -0.3 is 5.32 Å². The average Bonchev–Trinajstić information content (AvgIpc) is 2.27. The number of nitrogens with zero attached hydrogens (tertiary/aromatic N) is 2. The maximum atomic E-state index is 11.4. The average molecular weight is 283 g/mol. The lowest BCUT2D eigenvalue weighted by Gasteiger charge is -2.04. The van der Waals surface area contributed by atoms with Gasteiger partial charge in [0.1, 0.15) is 11.5 Å². The van der Waals surface area contributed by atoms with Gasteiger partial charge in [0.25, 0.3) is 5.69 Å². The fraction of sp³-hybridized carbons (Fsp3) is 0.200. The number of anilines is 1. The topological polar surface area (TPSA) is 130 Å². The number of carbonyl (C=O) groups excluding carboxylic acids is 1. The summed E-state index contributed by atoms with van der Waals surface area (Å²) in [5.74, 6) is -2.45. The molecule has 1 N–H and O–H groups in total. The highest BCUT2D eigenvalue weighted by atomic mass is 32.2.